The van der Waals surface area contributed by atoms with Gasteiger partial charge >= 0.3 is 11.9 Å². The van der Waals surface area contributed by atoms with Crippen LogP contribution in [0.4, 0.5) is 0 Å². The molecule has 60 heavy (non-hydrogen) atoms. The highest BCUT2D eigenvalue weighted by Crippen LogP contribution is 2.33. The lowest BCUT2D eigenvalue weighted by molar-refractivity contribution is -0.363. The van der Waals surface area contributed by atoms with E-state index in [0.29, 0.717) is 19.3 Å². The molecule has 3 saturated heterocycles. The van der Waals surface area contributed by atoms with Crippen LogP contribution in [-0.2, 0) is 42.7 Å². The highest BCUT2D eigenvalue weighted by atomic mass is 16.7. The SMILES string of the molecule is C=CC(C)(CCC=C(C)CCC=C(C)CCC=C(C)COC1OC(COC(=O)CC(=O)O)C(O)C(O)C1O)OC1OC(CO)C(OC2OC(C)C(O)C(O)C2O)C(O)C1O. The van der Waals surface area contributed by atoms with Crippen molar-refractivity contribution < 1.29 is 93.8 Å². The molecule has 344 valence electrons. The van der Waals surface area contributed by atoms with Crippen molar-refractivity contribution in [2.75, 3.05) is 19.8 Å². The Balaban J connectivity index is 1.41. The number of rotatable bonds is 22. The molecular formula is C41H66O19. The lowest BCUT2D eigenvalue weighted by Gasteiger charge is -2.47. The molecule has 19 heteroatoms. The predicted molar refractivity (Wildman–Crippen MR) is 209 cm³/mol. The zero-order valence-corrected chi connectivity index (χ0v) is 34.9. The third-order valence-electron chi connectivity index (χ3n) is 10.8. The van der Waals surface area contributed by atoms with Crippen LogP contribution >= 0.6 is 0 Å². The summed E-state index contributed by atoms with van der Waals surface area (Å²) in [5.74, 6) is -2.43. The van der Waals surface area contributed by atoms with Crippen molar-refractivity contribution in [3.05, 3.63) is 47.6 Å². The summed E-state index contributed by atoms with van der Waals surface area (Å²) in [6.45, 7) is 11.8. The minimum atomic E-state index is -1.67. The molecule has 3 aliphatic heterocycles. The Morgan fingerprint density at radius 2 is 1.25 bits per heavy atom. The second kappa shape index (κ2) is 24.2. The lowest BCUT2D eigenvalue weighted by atomic mass is 9.95. The molecule has 0 spiro atoms. The summed E-state index contributed by atoms with van der Waals surface area (Å²) < 4.78 is 39.0. The molecular weight excluding hydrogens is 796 g/mol. The topological polar surface area (TPSA) is 301 Å². The number of carboxylic acids is 1. The molecule has 0 aromatic heterocycles. The van der Waals surface area contributed by atoms with E-state index in [1.54, 1.807) is 13.0 Å². The van der Waals surface area contributed by atoms with Gasteiger partial charge < -0.3 is 84.2 Å². The van der Waals surface area contributed by atoms with Crippen LogP contribution < -0.4 is 0 Å². The molecule has 0 aliphatic carbocycles. The third-order valence-corrected chi connectivity index (χ3v) is 10.8. The average molecular weight is 863 g/mol. The van der Waals surface area contributed by atoms with Crippen LogP contribution in [0.2, 0.25) is 0 Å². The molecule has 0 saturated carbocycles. The van der Waals surface area contributed by atoms with Crippen LogP contribution in [-0.4, -0.2) is 181 Å². The van der Waals surface area contributed by atoms with Gasteiger partial charge in [0.2, 0.25) is 0 Å². The minimum Gasteiger partial charge on any atom is -0.481 e. The number of carboxylic acid groups (broad SMARTS) is 1. The van der Waals surface area contributed by atoms with Gasteiger partial charge in [-0.2, -0.15) is 0 Å². The van der Waals surface area contributed by atoms with Gasteiger partial charge in [-0.15, -0.1) is 6.58 Å². The Kier molecular flexibility index (Phi) is 20.9. The number of aliphatic hydroxyl groups excluding tert-OH is 9. The molecule has 0 radical (unpaired) electrons. The highest BCUT2D eigenvalue weighted by molar-refractivity contribution is 5.90. The van der Waals surface area contributed by atoms with Gasteiger partial charge in [-0.3, -0.25) is 9.59 Å². The third kappa shape index (κ3) is 15.0. The summed E-state index contributed by atoms with van der Waals surface area (Å²) in [7, 11) is 0. The minimum absolute atomic E-state index is 0.0501. The first kappa shape index (κ1) is 51.6. The van der Waals surface area contributed by atoms with E-state index in [-0.39, 0.29) is 6.61 Å². The number of aliphatic hydroxyl groups is 9. The fraction of sp³-hybridized carbons (Fsp3) is 0.756. The maximum absolute atomic E-state index is 11.6. The van der Waals surface area contributed by atoms with Crippen LogP contribution in [0.1, 0.15) is 79.6 Å². The van der Waals surface area contributed by atoms with Crippen molar-refractivity contribution >= 4 is 11.9 Å². The number of hydrogen-bond donors (Lipinski definition) is 10. The van der Waals surface area contributed by atoms with Gasteiger partial charge in [-0.25, -0.2) is 0 Å². The maximum Gasteiger partial charge on any atom is 0.317 e. The van der Waals surface area contributed by atoms with Crippen molar-refractivity contribution in [2.24, 2.45) is 0 Å². The van der Waals surface area contributed by atoms with Crippen LogP contribution in [0.3, 0.4) is 0 Å². The van der Waals surface area contributed by atoms with E-state index in [1.165, 1.54) is 12.5 Å². The van der Waals surface area contributed by atoms with Crippen molar-refractivity contribution in [2.45, 2.75) is 177 Å². The molecule has 19 nitrogen and oxygen atoms in total. The van der Waals surface area contributed by atoms with Gasteiger partial charge in [0.05, 0.1) is 24.9 Å². The van der Waals surface area contributed by atoms with E-state index in [2.05, 4.69) is 18.7 Å². The molecule has 16 unspecified atom stereocenters. The molecule has 0 bridgehead atoms. The number of esters is 1. The molecule has 3 fully saturated rings. The van der Waals surface area contributed by atoms with Crippen LogP contribution in [0.5, 0.6) is 0 Å². The zero-order valence-electron chi connectivity index (χ0n) is 34.9. The monoisotopic (exact) mass is 862 g/mol. The van der Waals surface area contributed by atoms with Gasteiger partial charge in [0.25, 0.3) is 0 Å². The number of carbonyl (C=O) groups excluding carboxylic acids is 1. The summed E-state index contributed by atoms with van der Waals surface area (Å²) in [5, 5.41) is 102. The fourth-order valence-electron chi connectivity index (χ4n) is 6.79. The number of hydrogen-bond acceptors (Lipinski definition) is 18. The Labute approximate surface area is 350 Å². The molecule has 0 amide bonds. The van der Waals surface area contributed by atoms with E-state index >= 15 is 0 Å². The van der Waals surface area contributed by atoms with Gasteiger partial charge in [-0.05, 0) is 73.1 Å². The number of carbonyl (C=O) groups is 2. The van der Waals surface area contributed by atoms with Gasteiger partial charge in [-0.1, -0.05) is 41.0 Å². The Morgan fingerprint density at radius 1 is 0.700 bits per heavy atom. The maximum atomic E-state index is 11.6. The second-order valence-electron chi connectivity index (χ2n) is 16.0. The van der Waals surface area contributed by atoms with Crippen molar-refractivity contribution in [1.29, 1.82) is 0 Å². The standard InChI is InChI=1S/C41H66O19/c1-7-41(6,60-40-36(53)33(50)37(25(18-42)57-40)59-39-35(52)31(48)29(46)24(5)56-39)16-10-15-22(3)12-8-11-21(2)13-9-14-23(4)19-55-38-34(51)32(49)30(47)26(58-38)20-54-28(45)17-27(43)44/h7,11,14-15,24-26,29-40,42,46-53H,1,8-10,12-13,16-20H2,2-6H3,(H,43,44). The van der Waals surface area contributed by atoms with E-state index in [1.807, 2.05) is 26.8 Å². The summed E-state index contributed by atoms with van der Waals surface area (Å²) in [4.78, 5) is 22.2. The number of ether oxygens (including phenoxy) is 7. The van der Waals surface area contributed by atoms with Gasteiger partial charge in [0.1, 0.15) is 80.2 Å². The quantitative estimate of drug-likeness (QED) is 0.0377. The molecule has 0 aromatic carbocycles. The van der Waals surface area contributed by atoms with E-state index in [4.69, 9.17) is 38.3 Å². The van der Waals surface area contributed by atoms with Crippen molar-refractivity contribution in [3.8, 4) is 0 Å². The Hall–Kier alpha value is -2.70. The second-order valence-corrected chi connectivity index (χ2v) is 16.0. The summed E-state index contributed by atoms with van der Waals surface area (Å²) in [5.41, 5.74) is 2.15. The molecule has 0 aromatic rings. The first-order valence-electron chi connectivity index (χ1n) is 20.2. The summed E-state index contributed by atoms with van der Waals surface area (Å²) >= 11 is 0. The molecule has 10 N–H and O–H groups in total. The average Bonchev–Trinajstić information content (AvgIpc) is 3.19. The number of allylic oxidation sites excluding steroid dienone is 5. The predicted octanol–water partition coefficient (Wildman–Crippen LogP) is -0.379. The largest absolute Gasteiger partial charge is 0.481 e. The lowest BCUT2D eigenvalue weighted by Crippen LogP contribution is -2.64. The number of aliphatic carboxylic acids is 1. The fourth-order valence-corrected chi connectivity index (χ4v) is 6.79. The first-order chi connectivity index (χ1) is 28.2. The van der Waals surface area contributed by atoms with Crippen LogP contribution in [0.25, 0.3) is 0 Å². The van der Waals surface area contributed by atoms with E-state index in [0.717, 1.165) is 30.4 Å². The van der Waals surface area contributed by atoms with Crippen molar-refractivity contribution in [3.63, 3.8) is 0 Å². The van der Waals surface area contributed by atoms with E-state index in [9.17, 15) is 55.5 Å². The van der Waals surface area contributed by atoms with Crippen LogP contribution in [0, 0.1) is 0 Å². The molecule has 3 heterocycles. The summed E-state index contributed by atoms with van der Waals surface area (Å²) in [6.07, 6.45) is -10.6. The van der Waals surface area contributed by atoms with E-state index < -0.39 is 129 Å². The molecule has 16 atom stereocenters. The molecule has 3 rings (SSSR count). The molecule has 3 aliphatic rings. The normalized spacial score (nSPS) is 36.7. The Morgan fingerprint density at radius 3 is 1.85 bits per heavy atom. The summed E-state index contributed by atoms with van der Waals surface area (Å²) in [6, 6.07) is 0. The highest BCUT2D eigenvalue weighted by Gasteiger charge is 2.51. The van der Waals surface area contributed by atoms with Crippen LogP contribution in [0.15, 0.2) is 47.6 Å². The smallest absolute Gasteiger partial charge is 0.317 e. The first-order valence-corrected chi connectivity index (χ1v) is 20.2. The van der Waals surface area contributed by atoms with Gasteiger partial charge in [0.15, 0.2) is 18.9 Å². The van der Waals surface area contributed by atoms with Crippen molar-refractivity contribution in [1.82, 2.24) is 0 Å². The zero-order chi connectivity index (χ0) is 44.9. The Bertz CT molecular complexity index is 1470. The van der Waals surface area contributed by atoms with Gasteiger partial charge in [0, 0.05) is 0 Å².